The van der Waals surface area contributed by atoms with Gasteiger partial charge in [0.05, 0.1) is 17.8 Å². The van der Waals surface area contributed by atoms with Crippen LogP contribution in [0.2, 0.25) is 0 Å². The molecule has 0 radical (unpaired) electrons. The van der Waals surface area contributed by atoms with Crippen LogP contribution in [0.15, 0.2) is 48.8 Å². The van der Waals surface area contributed by atoms with Gasteiger partial charge in [-0.15, -0.1) is 0 Å². The Bertz CT molecular complexity index is 646. The zero-order chi connectivity index (χ0) is 12.4. The minimum absolute atomic E-state index is 0.178. The summed E-state index contributed by atoms with van der Waals surface area (Å²) in [6.45, 7) is 2.09. The summed E-state index contributed by atoms with van der Waals surface area (Å²) in [5.74, 6) is 0.877. The Morgan fingerprint density at radius 2 is 2.06 bits per heavy atom. The molecule has 0 spiro atoms. The topological polar surface area (TPSA) is 53.6 Å². The third-order valence-electron chi connectivity index (χ3n) is 2.98. The predicted molar refractivity (Wildman–Crippen MR) is 72.4 cm³/mol. The minimum atomic E-state index is 0.178. The molecule has 3 aromatic rings. The van der Waals surface area contributed by atoms with E-state index >= 15 is 0 Å². The molecule has 90 valence electrons. The van der Waals surface area contributed by atoms with E-state index in [1.165, 1.54) is 0 Å². The van der Waals surface area contributed by atoms with E-state index in [-0.39, 0.29) is 6.04 Å². The van der Waals surface area contributed by atoms with Crippen molar-refractivity contribution in [3.63, 3.8) is 0 Å². The van der Waals surface area contributed by atoms with Crippen molar-refractivity contribution in [1.29, 1.82) is 0 Å². The molecule has 4 nitrogen and oxygen atoms in total. The van der Waals surface area contributed by atoms with Crippen LogP contribution in [-0.2, 0) is 0 Å². The van der Waals surface area contributed by atoms with Crippen LogP contribution in [0.5, 0.6) is 0 Å². The van der Waals surface area contributed by atoms with Crippen LogP contribution in [0.25, 0.3) is 10.9 Å². The molecule has 0 saturated heterocycles. The number of rotatable bonds is 3. The molecule has 3 rings (SSSR count). The van der Waals surface area contributed by atoms with E-state index in [1.54, 1.807) is 0 Å². The van der Waals surface area contributed by atoms with Crippen LogP contribution < -0.4 is 5.32 Å². The summed E-state index contributed by atoms with van der Waals surface area (Å²) < 4.78 is 0. The lowest BCUT2D eigenvalue weighted by molar-refractivity contribution is 0.878. The van der Waals surface area contributed by atoms with E-state index < -0.39 is 0 Å². The normalized spacial score (nSPS) is 12.5. The molecule has 1 aromatic carbocycles. The monoisotopic (exact) mass is 238 g/mol. The van der Waals surface area contributed by atoms with Gasteiger partial charge in [-0.3, -0.25) is 5.10 Å². The number of nitrogens with zero attached hydrogens (tertiary/aromatic N) is 2. The number of aromatic amines is 1. The molecule has 1 atom stereocenters. The number of anilines is 1. The number of fused-ring (bicyclic) bond motifs is 1. The third-order valence-corrected chi connectivity index (χ3v) is 2.98. The smallest absolute Gasteiger partial charge is 0.127 e. The number of hydrogen-bond donors (Lipinski definition) is 2. The molecule has 18 heavy (non-hydrogen) atoms. The van der Waals surface area contributed by atoms with Crippen molar-refractivity contribution in [2.75, 3.05) is 5.32 Å². The summed E-state index contributed by atoms with van der Waals surface area (Å²) in [7, 11) is 0. The fourth-order valence-corrected chi connectivity index (χ4v) is 1.95. The molecule has 0 aliphatic carbocycles. The van der Waals surface area contributed by atoms with Crippen LogP contribution in [0.3, 0.4) is 0 Å². The number of para-hydroxylation sites is 1. The first-order valence-corrected chi connectivity index (χ1v) is 5.94. The van der Waals surface area contributed by atoms with Crippen LogP contribution in [0.4, 0.5) is 5.82 Å². The van der Waals surface area contributed by atoms with Crippen molar-refractivity contribution in [1.82, 2.24) is 15.2 Å². The molecule has 0 fully saturated rings. The van der Waals surface area contributed by atoms with E-state index in [9.17, 15) is 0 Å². The number of hydrogen-bond acceptors (Lipinski definition) is 3. The molecule has 0 saturated carbocycles. The molecule has 0 amide bonds. The number of aromatic nitrogens is 3. The van der Waals surface area contributed by atoms with E-state index in [0.717, 1.165) is 22.3 Å². The molecule has 4 heteroatoms. The predicted octanol–water partition coefficient (Wildman–Crippen LogP) is 3.13. The first-order chi connectivity index (χ1) is 8.83. The van der Waals surface area contributed by atoms with Crippen molar-refractivity contribution in [3.05, 3.63) is 54.4 Å². The number of nitrogens with one attached hydrogen (secondary N) is 2. The molecule has 2 aromatic heterocycles. The van der Waals surface area contributed by atoms with Gasteiger partial charge in [-0.25, -0.2) is 4.98 Å². The summed E-state index contributed by atoms with van der Waals surface area (Å²) in [4.78, 5) is 4.58. The molecule has 0 aliphatic heterocycles. The van der Waals surface area contributed by atoms with Crippen molar-refractivity contribution in [2.45, 2.75) is 13.0 Å². The van der Waals surface area contributed by atoms with Crippen LogP contribution in [0, 0.1) is 0 Å². The van der Waals surface area contributed by atoms with Crippen molar-refractivity contribution >= 4 is 16.7 Å². The van der Waals surface area contributed by atoms with Gasteiger partial charge in [0.1, 0.15) is 5.82 Å². The maximum Gasteiger partial charge on any atom is 0.127 e. The largest absolute Gasteiger partial charge is 0.363 e. The fraction of sp³-hybridized carbons (Fsp3) is 0.143. The number of benzene rings is 1. The van der Waals surface area contributed by atoms with Gasteiger partial charge in [0.2, 0.25) is 0 Å². The van der Waals surface area contributed by atoms with Gasteiger partial charge in [0.15, 0.2) is 0 Å². The van der Waals surface area contributed by atoms with Crippen LogP contribution in [-0.4, -0.2) is 15.2 Å². The van der Waals surface area contributed by atoms with Gasteiger partial charge >= 0.3 is 0 Å². The summed E-state index contributed by atoms with van der Waals surface area (Å²) in [6.07, 6.45) is 3.71. The molecule has 2 N–H and O–H groups in total. The van der Waals surface area contributed by atoms with E-state index in [2.05, 4.69) is 39.6 Å². The van der Waals surface area contributed by atoms with E-state index in [0.29, 0.717) is 0 Å². The van der Waals surface area contributed by atoms with Gasteiger partial charge < -0.3 is 5.32 Å². The maximum atomic E-state index is 4.58. The first kappa shape index (κ1) is 10.8. The second-order valence-corrected chi connectivity index (χ2v) is 4.29. The van der Waals surface area contributed by atoms with Crippen molar-refractivity contribution in [3.8, 4) is 0 Å². The van der Waals surface area contributed by atoms with Crippen molar-refractivity contribution in [2.24, 2.45) is 0 Å². The molecule has 1 unspecified atom stereocenters. The van der Waals surface area contributed by atoms with E-state index in [1.807, 2.05) is 36.7 Å². The summed E-state index contributed by atoms with van der Waals surface area (Å²) >= 11 is 0. The zero-order valence-corrected chi connectivity index (χ0v) is 10.1. The average molecular weight is 238 g/mol. The first-order valence-electron chi connectivity index (χ1n) is 5.94. The van der Waals surface area contributed by atoms with Gasteiger partial charge in [-0.2, -0.15) is 5.10 Å². The molecule has 2 heterocycles. The Hall–Kier alpha value is -2.36. The Balaban J connectivity index is 1.86. The lowest BCUT2D eigenvalue weighted by atomic mass is 10.2. The fourth-order valence-electron chi connectivity index (χ4n) is 1.95. The average Bonchev–Trinajstić information content (AvgIpc) is 2.92. The minimum Gasteiger partial charge on any atom is -0.363 e. The highest BCUT2D eigenvalue weighted by Gasteiger charge is 2.07. The molecular weight excluding hydrogens is 224 g/mol. The van der Waals surface area contributed by atoms with Gasteiger partial charge in [0.25, 0.3) is 0 Å². The second-order valence-electron chi connectivity index (χ2n) is 4.29. The van der Waals surface area contributed by atoms with Crippen LogP contribution in [0.1, 0.15) is 18.5 Å². The van der Waals surface area contributed by atoms with Crippen molar-refractivity contribution < 1.29 is 0 Å². The summed E-state index contributed by atoms with van der Waals surface area (Å²) in [6, 6.07) is 12.3. The highest BCUT2D eigenvalue weighted by Crippen LogP contribution is 2.19. The standard InChI is InChI=1S/C14H14N4/c1-10(12-8-15-16-9-12)17-14-7-6-11-4-2-3-5-13(11)18-14/h2-10H,1H3,(H,15,16)(H,17,18). The molecule has 0 bridgehead atoms. The highest BCUT2D eigenvalue weighted by molar-refractivity contribution is 5.80. The Morgan fingerprint density at radius 1 is 1.17 bits per heavy atom. The lowest BCUT2D eigenvalue weighted by Gasteiger charge is -2.13. The Kier molecular flexibility index (Phi) is 2.68. The summed E-state index contributed by atoms with van der Waals surface area (Å²) in [5.41, 5.74) is 2.12. The van der Waals surface area contributed by atoms with E-state index in [4.69, 9.17) is 0 Å². The Labute approximate surface area is 105 Å². The highest BCUT2D eigenvalue weighted by atomic mass is 15.1. The molecular formula is C14H14N4. The second kappa shape index (κ2) is 4.49. The number of pyridine rings is 1. The SMILES string of the molecule is CC(Nc1ccc2ccccc2n1)c1cn[nH]c1. The molecule has 0 aliphatic rings. The number of H-pyrrole nitrogens is 1. The van der Waals surface area contributed by atoms with Gasteiger partial charge in [0, 0.05) is 17.1 Å². The summed E-state index contributed by atoms with van der Waals surface area (Å²) in [5, 5.41) is 11.3. The Morgan fingerprint density at radius 3 is 2.89 bits per heavy atom. The van der Waals surface area contributed by atoms with Gasteiger partial charge in [-0.1, -0.05) is 18.2 Å². The van der Waals surface area contributed by atoms with Crippen LogP contribution >= 0.6 is 0 Å². The third kappa shape index (κ3) is 2.05. The zero-order valence-electron chi connectivity index (χ0n) is 10.1. The van der Waals surface area contributed by atoms with Gasteiger partial charge in [-0.05, 0) is 25.1 Å². The maximum absolute atomic E-state index is 4.58. The lowest BCUT2D eigenvalue weighted by Crippen LogP contribution is -2.06. The quantitative estimate of drug-likeness (QED) is 0.737.